The molecule has 4 nitrogen and oxygen atoms in total. The molecule has 4 heteroatoms. The van der Waals surface area contributed by atoms with Crippen molar-refractivity contribution in [2.45, 2.75) is 26.7 Å². The molecule has 1 saturated heterocycles. The molecule has 2 heterocycles. The molecule has 1 aromatic heterocycles. The van der Waals surface area contributed by atoms with Gasteiger partial charge in [0.15, 0.2) is 0 Å². The third kappa shape index (κ3) is 3.83. The molecule has 1 aromatic rings. The molecular weight excluding hydrogens is 264 g/mol. The summed E-state index contributed by atoms with van der Waals surface area (Å²) in [7, 11) is 0. The summed E-state index contributed by atoms with van der Waals surface area (Å²) >= 11 is 0. The van der Waals surface area contributed by atoms with Crippen molar-refractivity contribution in [1.29, 1.82) is 0 Å². The molecule has 1 fully saturated rings. The number of rotatable bonds is 2. The van der Waals surface area contributed by atoms with E-state index in [0.29, 0.717) is 29.5 Å². The lowest BCUT2D eigenvalue weighted by Gasteiger charge is -2.35. The minimum absolute atomic E-state index is 0.0259. The van der Waals surface area contributed by atoms with Crippen LogP contribution in [0.4, 0.5) is 0 Å². The number of nitrogens with zero attached hydrogens (tertiary/aromatic N) is 2. The number of carbonyl (C=O) groups excluding carboxylic acids is 1. The number of hydrogen-bond donors (Lipinski definition) is 1. The van der Waals surface area contributed by atoms with Gasteiger partial charge in [-0.1, -0.05) is 25.7 Å². The molecule has 112 valence electrons. The summed E-state index contributed by atoms with van der Waals surface area (Å²) in [6.45, 7) is 6.01. The van der Waals surface area contributed by atoms with Crippen LogP contribution in [-0.2, 0) is 0 Å². The van der Waals surface area contributed by atoms with Gasteiger partial charge in [-0.3, -0.25) is 4.79 Å². The quantitative estimate of drug-likeness (QED) is 0.845. The first-order valence-electron chi connectivity index (χ1n) is 7.47. The maximum atomic E-state index is 12.7. The lowest BCUT2D eigenvalue weighted by atomic mass is 9.88. The maximum absolute atomic E-state index is 12.7. The number of likely N-dealkylation sites (tertiary alicyclic amines) is 1. The number of hydrogen-bond acceptors (Lipinski definition) is 3. The molecule has 1 aliphatic heterocycles. The Labute approximate surface area is 126 Å². The molecule has 0 aromatic carbocycles. The van der Waals surface area contributed by atoms with Gasteiger partial charge in [-0.15, -0.1) is 0 Å². The zero-order chi connectivity index (χ0) is 15.2. The molecule has 1 N–H and O–H groups in total. The summed E-state index contributed by atoms with van der Waals surface area (Å²) in [4.78, 5) is 18.8. The highest BCUT2D eigenvalue weighted by Gasteiger charge is 2.27. The maximum Gasteiger partial charge on any atom is 0.273 e. The van der Waals surface area contributed by atoms with Crippen LogP contribution in [0.3, 0.4) is 0 Å². The predicted octanol–water partition coefficient (Wildman–Crippen LogP) is 1.93. The van der Waals surface area contributed by atoms with Gasteiger partial charge in [0.05, 0.1) is 12.2 Å². The number of aliphatic hydroxyl groups is 1. The Kier molecular flexibility index (Phi) is 5.35. The molecule has 0 aliphatic carbocycles. The van der Waals surface area contributed by atoms with Crippen LogP contribution in [0.2, 0.25) is 0 Å². The van der Waals surface area contributed by atoms with E-state index in [1.165, 1.54) is 0 Å². The Bertz CT molecular complexity index is 559. The standard InChI is InChI=1S/C17H22N2O2/c1-13-8-10-19(12-14(13)2)17(21)16-15(6-3-4-11-20)7-5-9-18-16/h5,7,9,13-14,20H,4,8,10-12H2,1-2H3. The minimum Gasteiger partial charge on any atom is -0.395 e. The molecule has 0 radical (unpaired) electrons. The fraction of sp³-hybridized carbons (Fsp3) is 0.529. The van der Waals surface area contributed by atoms with Gasteiger partial charge in [0, 0.05) is 25.7 Å². The topological polar surface area (TPSA) is 53.4 Å². The molecule has 1 aliphatic rings. The molecular formula is C17H22N2O2. The Balaban J connectivity index is 2.18. The summed E-state index contributed by atoms with van der Waals surface area (Å²) in [5.41, 5.74) is 1.06. The summed E-state index contributed by atoms with van der Waals surface area (Å²) in [6.07, 6.45) is 3.06. The van der Waals surface area contributed by atoms with E-state index in [1.54, 1.807) is 18.3 Å². The highest BCUT2D eigenvalue weighted by atomic mass is 16.2. The van der Waals surface area contributed by atoms with Crippen molar-refractivity contribution in [1.82, 2.24) is 9.88 Å². The third-order valence-electron chi connectivity index (χ3n) is 4.09. The first-order valence-corrected chi connectivity index (χ1v) is 7.47. The molecule has 2 rings (SSSR count). The van der Waals surface area contributed by atoms with Crippen molar-refractivity contribution >= 4 is 5.91 Å². The second-order valence-electron chi connectivity index (χ2n) is 5.67. The molecule has 1 amide bonds. The summed E-state index contributed by atoms with van der Waals surface area (Å²) in [5, 5.41) is 8.79. The number of aromatic nitrogens is 1. The van der Waals surface area contributed by atoms with Crippen LogP contribution in [0.5, 0.6) is 0 Å². The van der Waals surface area contributed by atoms with E-state index in [2.05, 4.69) is 30.7 Å². The summed E-state index contributed by atoms with van der Waals surface area (Å²) in [5.74, 6) is 6.91. The number of aliphatic hydroxyl groups excluding tert-OH is 1. The number of pyridine rings is 1. The van der Waals surface area contributed by atoms with Crippen molar-refractivity contribution in [2.75, 3.05) is 19.7 Å². The Morgan fingerprint density at radius 1 is 1.48 bits per heavy atom. The average Bonchev–Trinajstić information content (AvgIpc) is 2.50. The van der Waals surface area contributed by atoms with Gasteiger partial charge in [-0.05, 0) is 30.4 Å². The zero-order valence-corrected chi connectivity index (χ0v) is 12.7. The van der Waals surface area contributed by atoms with Crippen LogP contribution in [0, 0.1) is 23.7 Å². The first kappa shape index (κ1) is 15.5. The fourth-order valence-electron chi connectivity index (χ4n) is 2.49. The highest BCUT2D eigenvalue weighted by molar-refractivity contribution is 5.94. The minimum atomic E-state index is -0.0392. The van der Waals surface area contributed by atoms with E-state index < -0.39 is 0 Å². The van der Waals surface area contributed by atoms with Crippen LogP contribution in [0.1, 0.15) is 42.7 Å². The van der Waals surface area contributed by atoms with Crippen LogP contribution < -0.4 is 0 Å². The van der Waals surface area contributed by atoms with Gasteiger partial charge in [-0.2, -0.15) is 0 Å². The van der Waals surface area contributed by atoms with Gasteiger partial charge in [0.25, 0.3) is 5.91 Å². The van der Waals surface area contributed by atoms with Gasteiger partial charge >= 0.3 is 0 Å². The molecule has 2 atom stereocenters. The van der Waals surface area contributed by atoms with Crippen LogP contribution in [-0.4, -0.2) is 40.6 Å². The van der Waals surface area contributed by atoms with Crippen molar-refractivity contribution in [2.24, 2.45) is 11.8 Å². The van der Waals surface area contributed by atoms with Gasteiger partial charge in [0.1, 0.15) is 5.69 Å². The largest absolute Gasteiger partial charge is 0.395 e. The van der Waals surface area contributed by atoms with Crippen molar-refractivity contribution in [3.63, 3.8) is 0 Å². The number of amides is 1. The average molecular weight is 286 g/mol. The van der Waals surface area contributed by atoms with E-state index in [-0.39, 0.29) is 12.5 Å². The lowest BCUT2D eigenvalue weighted by Crippen LogP contribution is -2.42. The molecule has 0 saturated carbocycles. The van der Waals surface area contributed by atoms with E-state index in [4.69, 9.17) is 5.11 Å². The Morgan fingerprint density at radius 2 is 2.29 bits per heavy atom. The predicted molar refractivity (Wildman–Crippen MR) is 81.7 cm³/mol. The summed E-state index contributed by atoms with van der Waals surface area (Å²) in [6, 6.07) is 3.58. The summed E-state index contributed by atoms with van der Waals surface area (Å²) < 4.78 is 0. The SMILES string of the molecule is CC1CCN(C(=O)c2ncccc2C#CCCO)CC1C. The zero-order valence-electron chi connectivity index (χ0n) is 12.7. The normalized spacial score (nSPS) is 21.6. The highest BCUT2D eigenvalue weighted by Crippen LogP contribution is 2.23. The Morgan fingerprint density at radius 3 is 3.00 bits per heavy atom. The van der Waals surface area contributed by atoms with Crippen molar-refractivity contribution in [3.8, 4) is 11.8 Å². The van der Waals surface area contributed by atoms with E-state index in [9.17, 15) is 4.79 Å². The van der Waals surface area contributed by atoms with Crippen molar-refractivity contribution in [3.05, 3.63) is 29.6 Å². The first-order chi connectivity index (χ1) is 10.1. The van der Waals surface area contributed by atoms with E-state index in [0.717, 1.165) is 19.5 Å². The van der Waals surface area contributed by atoms with Crippen LogP contribution >= 0.6 is 0 Å². The lowest BCUT2D eigenvalue weighted by molar-refractivity contribution is 0.0621. The molecule has 21 heavy (non-hydrogen) atoms. The molecule has 0 bridgehead atoms. The number of carbonyl (C=O) groups is 1. The molecule has 2 unspecified atom stereocenters. The third-order valence-corrected chi connectivity index (χ3v) is 4.09. The van der Waals surface area contributed by atoms with Crippen LogP contribution in [0.15, 0.2) is 18.3 Å². The van der Waals surface area contributed by atoms with E-state index >= 15 is 0 Å². The smallest absolute Gasteiger partial charge is 0.273 e. The number of piperidine rings is 1. The second-order valence-corrected chi connectivity index (χ2v) is 5.67. The van der Waals surface area contributed by atoms with Crippen molar-refractivity contribution < 1.29 is 9.90 Å². The second kappa shape index (κ2) is 7.24. The van der Waals surface area contributed by atoms with Gasteiger partial charge in [0.2, 0.25) is 0 Å². The van der Waals surface area contributed by atoms with Crippen LogP contribution in [0.25, 0.3) is 0 Å². The monoisotopic (exact) mass is 286 g/mol. The van der Waals surface area contributed by atoms with Gasteiger partial charge < -0.3 is 10.0 Å². The van der Waals surface area contributed by atoms with E-state index in [1.807, 2.05) is 4.90 Å². The van der Waals surface area contributed by atoms with Gasteiger partial charge in [-0.25, -0.2) is 4.98 Å². The Hall–Kier alpha value is -1.86. The molecule has 0 spiro atoms. The fourth-order valence-corrected chi connectivity index (χ4v) is 2.49.